The van der Waals surface area contributed by atoms with E-state index in [0.717, 1.165) is 19.4 Å². The van der Waals surface area contributed by atoms with Crippen molar-refractivity contribution in [3.8, 4) is 0 Å². The molecule has 0 atom stereocenters. The van der Waals surface area contributed by atoms with Crippen LogP contribution in [0.3, 0.4) is 0 Å². The molecule has 0 saturated carbocycles. The number of para-hydroxylation sites is 1. The minimum absolute atomic E-state index is 0. The Morgan fingerprint density at radius 1 is 1.22 bits per heavy atom. The Hall–Kier alpha value is -1.77. The zero-order chi connectivity index (χ0) is 19.2. The van der Waals surface area contributed by atoms with Crippen LogP contribution in [0, 0.1) is 0 Å². The average molecular weight is 486 g/mol. The molecule has 1 aromatic heterocycles. The summed E-state index contributed by atoms with van der Waals surface area (Å²) in [6, 6.07) is 6.41. The maximum atomic E-state index is 11.8. The van der Waals surface area contributed by atoms with Crippen LogP contribution in [0.2, 0.25) is 0 Å². The van der Waals surface area contributed by atoms with Crippen molar-refractivity contribution < 1.29 is 9.53 Å². The van der Waals surface area contributed by atoms with Crippen LogP contribution in [0.25, 0.3) is 10.9 Å². The van der Waals surface area contributed by atoms with E-state index in [1.807, 2.05) is 20.8 Å². The minimum Gasteiger partial charge on any atom is -0.459 e. The lowest BCUT2D eigenvalue weighted by Crippen LogP contribution is -2.42. The summed E-state index contributed by atoms with van der Waals surface area (Å²) in [5.41, 5.74) is 3.34. The number of benzene rings is 1. The van der Waals surface area contributed by atoms with Crippen molar-refractivity contribution >= 4 is 46.8 Å². The maximum Gasteiger partial charge on any atom is 0.325 e. The Bertz CT molecular complexity index is 778. The lowest BCUT2D eigenvalue weighted by Gasteiger charge is -2.20. The Morgan fingerprint density at radius 3 is 2.59 bits per heavy atom. The third-order valence-corrected chi connectivity index (χ3v) is 4.00. The lowest BCUT2D eigenvalue weighted by molar-refractivity contribution is -0.153. The molecule has 0 fully saturated rings. The second-order valence-corrected chi connectivity index (χ2v) is 7.20. The van der Waals surface area contributed by atoms with Crippen LogP contribution in [-0.2, 0) is 22.4 Å². The Balaban J connectivity index is 0.00000364. The summed E-state index contributed by atoms with van der Waals surface area (Å²) >= 11 is 0. The van der Waals surface area contributed by atoms with Crippen LogP contribution >= 0.6 is 24.0 Å². The molecule has 0 aliphatic rings. The number of H-pyrrole nitrogens is 1. The van der Waals surface area contributed by atoms with Crippen molar-refractivity contribution in [2.24, 2.45) is 4.99 Å². The fraction of sp³-hybridized carbons (Fsp3) is 0.500. The lowest BCUT2D eigenvalue weighted by atomic mass is 10.1. The van der Waals surface area contributed by atoms with Gasteiger partial charge in [0.25, 0.3) is 0 Å². The Labute approximate surface area is 178 Å². The van der Waals surface area contributed by atoms with E-state index in [4.69, 9.17) is 4.74 Å². The number of rotatable bonds is 6. The number of halogens is 1. The number of guanidine groups is 1. The van der Waals surface area contributed by atoms with Crippen molar-refractivity contribution in [1.82, 2.24) is 15.6 Å². The van der Waals surface area contributed by atoms with Gasteiger partial charge < -0.3 is 20.4 Å². The van der Waals surface area contributed by atoms with E-state index < -0.39 is 5.60 Å². The first-order valence-electron chi connectivity index (χ1n) is 9.08. The highest BCUT2D eigenvalue weighted by molar-refractivity contribution is 14.0. The standard InChI is InChI=1S/C20H30N4O2.HI/c1-6-14-8-7-9-16-15(12-23-18(14)16)10-11-22-19(21-5)24-13-17(25)26-20(2,3)4;/h7-9,12,23H,6,10-11,13H2,1-5H3,(H2,21,22,24);1H. The Kier molecular flexibility index (Phi) is 9.08. The highest BCUT2D eigenvalue weighted by atomic mass is 127. The number of carbonyl (C=O) groups is 1. The number of hydrogen-bond acceptors (Lipinski definition) is 3. The van der Waals surface area contributed by atoms with Crippen LogP contribution in [-0.4, -0.2) is 42.7 Å². The molecular weight excluding hydrogens is 455 g/mol. The summed E-state index contributed by atoms with van der Waals surface area (Å²) in [5.74, 6) is 0.286. The highest BCUT2D eigenvalue weighted by Crippen LogP contribution is 2.22. The van der Waals surface area contributed by atoms with Crippen molar-refractivity contribution in [3.05, 3.63) is 35.5 Å². The van der Waals surface area contributed by atoms with Gasteiger partial charge in [-0.25, -0.2) is 0 Å². The molecule has 3 N–H and O–H groups in total. The summed E-state index contributed by atoms with van der Waals surface area (Å²) in [5, 5.41) is 7.49. The largest absolute Gasteiger partial charge is 0.459 e. The number of fused-ring (bicyclic) bond motifs is 1. The molecule has 0 radical (unpaired) electrons. The summed E-state index contributed by atoms with van der Waals surface area (Å²) in [4.78, 5) is 19.3. The van der Waals surface area contributed by atoms with E-state index in [-0.39, 0.29) is 36.5 Å². The fourth-order valence-electron chi connectivity index (χ4n) is 2.85. The molecule has 0 bridgehead atoms. The van der Waals surface area contributed by atoms with Gasteiger partial charge in [-0.3, -0.25) is 9.79 Å². The van der Waals surface area contributed by atoms with E-state index >= 15 is 0 Å². The summed E-state index contributed by atoms with van der Waals surface area (Å²) < 4.78 is 5.28. The normalized spacial score (nSPS) is 11.8. The van der Waals surface area contributed by atoms with Gasteiger partial charge in [0.2, 0.25) is 0 Å². The smallest absolute Gasteiger partial charge is 0.325 e. The zero-order valence-electron chi connectivity index (χ0n) is 16.8. The molecule has 1 aromatic carbocycles. The third kappa shape index (κ3) is 7.04. The molecule has 1 heterocycles. The molecule has 0 spiro atoms. The monoisotopic (exact) mass is 486 g/mol. The third-order valence-electron chi connectivity index (χ3n) is 4.00. The molecule has 2 aromatic rings. The van der Waals surface area contributed by atoms with Crippen molar-refractivity contribution in [1.29, 1.82) is 0 Å². The number of nitrogens with zero attached hydrogens (tertiary/aromatic N) is 1. The predicted octanol–water partition coefficient (Wildman–Crippen LogP) is 3.40. The quantitative estimate of drug-likeness (QED) is 0.253. The first-order chi connectivity index (χ1) is 12.3. The number of aromatic amines is 1. The molecule has 0 aliphatic carbocycles. The first kappa shape index (κ1) is 23.3. The van der Waals surface area contributed by atoms with Gasteiger partial charge in [-0.15, -0.1) is 24.0 Å². The van der Waals surface area contributed by atoms with E-state index in [1.54, 1.807) is 7.05 Å². The second kappa shape index (κ2) is 10.5. The number of aromatic nitrogens is 1. The van der Waals surface area contributed by atoms with Gasteiger partial charge in [0.05, 0.1) is 0 Å². The molecule has 0 amide bonds. The van der Waals surface area contributed by atoms with E-state index in [1.165, 1.54) is 22.0 Å². The van der Waals surface area contributed by atoms with Crippen LogP contribution < -0.4 is 10.6 Å². The molecule has 7 heteroatoms. The molecule has 2 rings (SSSR count). The highest BCUT2D eigenvalue weighted by Gasteiger charge is 2.16. The molecule has 6 nitrogen and oxygen atoms in total. The van der Waals surface area contributed by atoms with Gasteiger partial charge in [-0.05, 0) is 44.7 Å². The van der Waals surface area contributed by atoms with E-state index in [9.17, 15) is 4.79 Å². The predicted molar refractivity (Wildman–Crippen MR) is 122 cm³/mol. The maximum absolute atomic E-state index is 11.8. The number of ether oxygens (including phenoxy) is 1. The van der Waals surface area contributed by atoms with Crippen molar-refractivity contribution in [3.63, 3.8) is 0 Å². The van der Waals surface area contributed by atoms with Crippen LogP contribution in [0.1, 0.15) is 38.8 Å². The number of hydrogen-bond donors (Lipinski definition) is 3. The number of carbonyl (C=O) groups excluding carboxylic acids is 1. The van der Waals surface area contributed by atoms with Gasteiger partial charge >= 0.3 is 5.97 Å². The molecule has 0 aliphatic heterocycles. The van der Waals surface area contributed by atoms with Crippen molar-refractivity contribution in [2.45, 2.75) is 46.1 Å². The molecule has 27 heavy (non-hydrogen) atoms. The van der Waals surface area contributed by atoms with Crippen molar-refractivity contribution in [2.75, 3.05) is 20.1 Å². The van der Waals surface area contributed by atoms with Crippen LogP contribution in [0.4, 0.5) is 0 Å². The van der Waals surface area contributed by atoms with Gasteiger partial charge in [-0.1, -0.05) is 25.1 Å². The summed E-state index contributed by atoms with van der Waals surface area (Å²) in [7, 11) is 1.68. The first-order valence-corrected chi connectivity index (χ1v) is 9.08. The molecule has 150 valence electrons. The molecule has 0 unspecified atom stereocenters. The van der Waals surface area contributed by atoms with Gasteiger partial charge in [0, 0.05) is 30.7 Å². The van der Waals surface area contributed by atoms with E-state index in [0.29, 0.717) is 5.96 Å². The summed E-state index contributed by atoms with van der Waals surface area (Å²) in [6.07, 6.45) is 3.94. The number of aryl methyl sites for hydroxylation is 1. The number of aliphatic imine (C=N–C) groups is 1. The SMILES string of the molecule is CCc1cccc2c(CCNC(=NC)NCC(=O)OC(C)(C)C)c[nH]c12.I. The molecule has 0 saturated heterocycles. The van der Waals surface area contributed by atoms with E-state index in [2.05, 4.69) is 51.9 Å². The Morgan fingerprint density at radius 2 is 1.96 bits per heavy atom. The van der Waals surface area contributed by atoms with Crippen LogP contribution in [0.5, 0.6) is 0 Å². The minimum atomic E-state index is -0.484. The average Bonchev–Trinajstić information content (AvgIpc) is 2.99. The van der Waals surface area contributed by atoms with Crippen LogP contribution in [0.15, 0.2) is 29.4 Å². The second-order valence-electron chi connectivity index (χ2n) is 7.20. The number of nitrogens with one attached hydrogen (secondary N) is 3. The molecular formula is C20H31IN4O2. The topological polar surface area (TPSA) is 78.5 Å². The fourth-order valence-corrected chi connectivity index (χ4v) is 2.85. The number of esters is 1. The zero-order valence-corrected chi connectivity index (χ0v) is 19.1. The summed E-state index contributed by atoms with van der Waals surface area (Å²) in [6.45, 7) is 8.52. The van der Waals surface area contributed by atoms with Gasteiger partial charge in [-0.2, -0.15) is 0 Å². The van der Waals surface area contributed by atoms with Gasteiger partial charge in [0.15, 0.2) is 5.96 Å². The van der Waals surface area contributed by atoms with Gasteiger partial charge in [0.1, 0.15) is 12.1 Å².